The summed E-state index contributed by atoms with van der Waals surface area (Å²) in [7, 11) is -3.10. The van der Waals surface area contributed by atoms with Gasteiger partial charge in [0, 0.05) is 18.3 Å². The largest absolute Gasteiger partial charge is 0.300 e. The van der Waals surface area contributed by atoms with Crippen LogP contribution in [0.15, 0.2) is 0 Å². The van der Waals surface area contributed by atoms with Crippen LogP contribution >= 0.6 is 27.7 Å². The predicted molar refractivity (Wildman–Crippen MR) is 80.7 cm³/mol. The van der Waals surface area contributed by atoms with Crippen molar-refractivity contribution in [3.05, 3.63) is 0 Å². The Bertz CT molecular complexity index is 350. The van der Waals surface area contributed by atoms with Crippen molar-refractivity contribution in [3.8, 4) is 0 Å². The third kappa shape index (κ3) is 4.37. The molecule has 1 N–H and O–H groups in total. The van der Waals surface area contributed by atoms with Crippen LogP contribution in [0.25, 0.3) is 0 Å². The summed E-state index contributed by atoms with van der Waals surface area (Å²) in [5.41, 5.74) is 0. The molecular weight excluding hydrogens is 336 g/mol. The van der Waals surface area contributed by atoms with Crippen LogP contribution in [0, 0.1) is 5.92 Å². The van der Waals surface area contributed by atoms with E-state index >= 15 is 0 Å². The lowest BCUT2D eigenvalue weighted by Gasteiger charge is -2.35. The topological polar surface area (TPSA) is 49.4 Å². The van der Waals surface area contributed by atoms with Crippen LogP contribution in [0.4, 0.5) is 0 Å². The summed E-state index contributed by atoms with van der Waals surface area (Å²) in [4.78, 5) is 2.59. The maximum atomic E-state index is 11.3. The van der Waals surface area contributed by atoms with E-state index in [1.54, 1.807) is 0 Å². The molecule has 0 saturated carbocycles. The third-order valence-electron chi connectivity index (χ3n) is 3.81. The first-order valence-electron chi connectivity index (χ1n) is 6.46. The predicted octanol–water partition coefficient (Wildman–Crippen LogP) is 1.48. The number of halogens is 1. The minimum atomic E-state index is -3.10. The van der Waals surface area contributed by atoms with Crippen molar-refractivity contribution in [1.82, 2.24) is 9.62 Å². The minimum Gasteiger partial charge on any atom is -0.300 e. The molecule has 0 aliphatic carbocycles. The summed E-state index contributed by atoms with van der Waals surface area (Å²) in [6.07, 6.45) is 3.56. The van der Waals surface area contributed by atoms with E-state index in [-0.39, 0.29) is 4.66 Å². The molecule has 18 heavy (non-hydrogen) atoms. The Morgan fingerprint density at radius 3 is 2.56 bits per heavy atom. The van der Waals surface area contributed by atoms with E-state index in [1.165, 1.54) is 17.9 Å². The van der Waals surface area contributed by atoms with Crippen LogP contribution in [0.2, 0.25) is 0 Å². The molecule has 2 heterocycles. The highest BCUT2D eigenvalue weighted by atomic mass is 79.9. The third-order valence-corrected chi connectivity index (χ3v) is 7.65. The van der Waals surface area contributed by atoms with Crippen LogP contribution < -0.4 is 4.72 Å². The normalized spacial score (nSPS) is 27.7. The zero-order valence-corrected chi connectivity index (χ0v) is 13.7. The number of nitrogens with zero attached hydrogens (tertiary/aromatic N) is 1. The molecule has 2 aliphatic rings. The lowest BCUT2D eigenvalue weighted by molar-refractivity contribution is 0.145. The first-order chi connectivity index (χ1) is 8.61. The molecule has 0 spiro atoms. The van der Waals surface area contributed by atoms with Gasteiger partial charge in [0.25, 0.3) is 0 Å². The van der Waals surface area contributed by atoms with Gasteiger partial charge in [-0.1, -0.05) is 15.9 Å². The summed E-state index contributed by atoms with van der Waals surface area (Å²) in [5, 5.41) is 0. The molecule has 4 nitrogen and oxygen atoms in total. The number of sulfonamides is 1. The van der Waals surface area contributed by atoms with Crippen molar-refractivity contribution in [2.75, 3.05) is 35.8 Å². The summed E-state index contributed by atoms with van der Waals surface area (Å²) in [6.45, 7) is 2.86. The first kappa shape index (κ1) is 15.1. The molecule has 2 aliphatic heterocycles. The van der Waals surface area contributed by atoms with E-state index in [0.29, 0.717) is 12.5 Å². The standard InChI is InChI=1S/C11H21BrN2O2S2/c12-9-18(15,16)13-7-10-1-4-14(5-2-10)11-3-6-17-8-11/h10-11,13H,1-9H2. The van der Waals surface area contributed by atoms with Crippen molar-refractivity contribution >= 4 is 37.7 Å². The smallest absolute Gasteiger partial charge is 0.221 e. The van der Waals surface area contributed by atoms with Gasteiger partial charge in [-0.25, -0.2) is 13.1 Å². The number of nitrogens with one attached hydrogen (secondary N) is 1. The van der Waals surface area contributed by atoms with Crippen LogP contribution in [0.3, 0.4) is 0 Å². The van der Waals surface area contributed by atoms with Gasteiger partial charge in [0.05, 0.1) is 0 Å². The van der Waals surface area contributed by atoms with Crippen molar-refractivity contribution in [3.63, 3.8) is 0 Å². The fraction of sp³-hybridized carbons (Fsp3) is 1.00. The number of hydrogen-bond acceptors (Lipinski definition) is 4. The summed E-state index contributed by atoms with van der Waals surface area (Å²) < 4.78 is 25.4. The van der Waals surface area contributed by atoms with Crippen LogP contribution in [0.1, 0.15) is 19.3 Å². The van der Waals surface area contributed by atoms with Crippen molar-refractivity contribution in [1.29, 1.82) is 0 Å². The van der Waals surface area contributed by atoms with E-state index in [9.17, 15) is 8.42 Å². The second-order valence-electron chi connectivity index (χ2n) is 5.07. The van der Waals surface area contributed by atoms with Crippen LogP contribution in [-0.2, 0) is 10.0 Å². The van der Waals surface area contributed by atoms with Gasteiger partial charge in [0.15, 0.2) is 0 Å². The number of alkyl halides is 1. The maximum Gasteiger partial charge on any atom is 0.221 e. The summed E-state index contributed by atoms with van der Waals surface area (Å²) in [6, 6.07) is 0.773. The van der Waals surface area contributed by atoms with Crippen molar-refractivity contribution in [2.45, 2.75) is 25.3 Å². The lowest BCUT2D eigenvalue weighted by atomic mass is 9.96. The highest BCUT2D eigenvalue weighted by molar-refractivity contribution is 9.10. The molecule has 2 rings (SSSR count). The van der Waals surface area contributed by atoms with E-state index in [2.05, 4.69) is 37.3 Å². The second kappa shape index (κ2) is 6.92. The quantitative estimate of drug-likeness (QED) is 0.758. The Morgan fingerprint density at radius 1 is 1.28 bits per heavy atom. The molecule has 106 valence electrons. The Balaban J connectivity index is 1.70. The lowest BCUT2D eigenvalue weighted by Crippen LogP contribution is -2.43. The van der Waals surface area contributed by atoms with E-state index < -0.39 is 10.0 Å². The first-order valence-corrected chi connectivity index (χ1v) is 10.4. The van der Waals surface area contributed by atoms with Crippen LogP contribution in [0.5, 0.6) is 0 Å². The number of piperidine rings is 1. The van der Waals surface area contributed by atoms with Gasteiger partial charge in [-0.15, -0.1) is 0 Å². The minimum absolute atomic E-state index is 0.00184. The fourth-order valence-corrected chi connectivity index (χ4v) is 4.92. The molecule has 0 amide bonds. The molecule has 0 radical (unpaired) electrons. The van der Waals surface area contributed by atoms with Gasteiger partial charge in [0.1, 0.15) is 4.66 Å². The van der Waals surface area contributed by atoms with Crippen molar-refractivity contribution in [2.24, 2.45) is 5.92 Å². The second-order valence-corrected chi connectivity index (χ2v) is 9.33. The molecule has 0 aromatic carbocycles. The van der Waals surface area contributed by atoms with E-state index in [4.69, 9.17) is 0 Å². The van der Waals surface area contributed by atoms with Gasteiger partial charge in [-0.2, -0.15) is 11.8 Å². The average molecular weight is 357 g/mol. The highest BCUT2D eigenvalue weighted by Gasteiger charge is 2.27. The van der Waals surface area contributed by atoms with Gasteiger partial charge in [0.2, 0.25) is 10.0 Å². The Kier molecular flexibility index (Phi) is 5.81. The van der Waals surface area contributed by atoms with Crippen molar-refractivity contribution < 1.29 is 8.42 Å². The molecule has 7 heteroatoms. The monoisotopic (exact) mass is 356 g/mol. The zero-order chi connectivity index (χ0) is 13.0. The summed E-state index contributed by atoms with van der Waals surface area (Å²) >= 11 is 5.04. The molecule has 2 fully saturated rings. The molecule has 1 unspecified atom stereocenters. The molecule has 2 saturated heterocycles. The fourth-order valence-electron chi connectivity index (χ4n) is 2.62. The van der Waals surface area contributed by atoms with Crippen LogP contribution in [-0.4, -0.2) is 55.2 Å². The Hall–Kier alpha value is 0.700. The number of rotatable bonds is 5. The molecule has 1 atom stereocenters. The van der Waals surface area contributed by atoms with Gasteiger partial charge in [-0.3, -0.25) is 4.90 Å². The maximum absolute atomic E-state index is 11.3. The van der Waals surface area contributed by atoms with E-state index in [1.807, 2.05) is 0 Å². The number of hydrogen-bond donors (Lipinski definition) is 1. The Labute approximate surface area is 122 Å². The van der Waals surface area contributed by atoms with Gasteiger partial charge in [-0.05, 0) is 44.0 Å². The van der Waals surface area contributed by atoms with E-state index in [0.717, 1.165) is 32.0 Å². The van der Waals surface area contributed by atoms with Gasteiger partial charge >= 0.3 is 0 Å². The number of likely N-dealkylation sites (tertiary alicyclic amines) is 1. The molecule has 0 bridgehead atoms. The Morgan fingerprint density at radius 2 is 2.00 bits per heavy atom. The molecule has 0 aromatic heterocycles. The summed E-state index contributed by atoms with van der Waals surface area (Å²) in [5.74, 6) is 3.08. The number of thioether (sulfide) groups is 1. The molecular formula is C11H21BrN2O2S2. The average Bonchev–Trinajstić information content (AvgIpc) is 2.91. The molecule has 0 aromatic rings. The van der Waals surface area contributed by atoms with Gasteiger partial charge < -0.3 is 0 Å². The SMILES string of the molecule is O=S(=O)(CBr)NCC1CCN(C2CCSC2)CC1. The highest BCUT2D eigenvalue weighted by Crippen LogP contribution is 2.26. The zero-order valence-electron chi connectivity index (χ0n) is 10.5.